The second-order valence-electron chi connectivity index (χ2n) is 8.76. The Balaban J connectivity index is 1.75. The number of alkyl carbamates (subject to hydrolysis) is 1. The van der Waals surface area contributed by atoms with E-state index in [1.807, 2.05) is 0 Å². The van der Waals surface area contributed by atoms with E-state index in [-0.39, 0.29) is 18.3 Å². The fourth-order valence-corrected chi connectivity index (χ4v) is 3.55. The molecule has 1 saturated heterocycles. The molecule has 3 heterocycles. The number of anilines is 2. The number of amides is 2. The third kappa shape index (κ3) is 5.54. The molecule has 4 unspecified atom stereocenters. The van der Waals surface area contributed by atoms with Crippen LogP contribution in [0.25, 0.3) is 11.2 Å². The summed E-state index contributed by atoms with van der Waals surface area (Å²) in [6.45, 7) is 11.9. The Morgan fingerprint density at radius 3 is 2.71 bits per heavy atom. The van der Waals surface area contributed by atoms with Crippen LogP contribution in [0, 0.1) is 5.92 Å². The summed E-state index contributed by atoms with van der Waals surface area (Å²) in [7, 11) is 0. The third-order valence-corrected chi connectivity index (χ3v) is 5.00. The number of hydrogen-bond donors (Lipinski definition) is 5. The number of aliphatic hydroxyl groups is 1. The van der Waals surface area contributed by atoms with E-state index in [0.717, 1.165) is 0 Å². The molecule has 1 aliphatic rings. The van der Waals surface area contributed by atoms with Crippen LogP contribution in [0.1, 0.15) is 33.9 Å². The Kier molecular flexibility index (Phi) is 7.57. The fraction of sp³-hybridized carbons (Fsp3) is 0.571. The molecular weight excluding hydrogens is 444 g/mol. The minimum Gasteiger partial charge on any atom is -0.444 e. The Bertz CT molecular complexity index is 1050. The smallest absolute Gasteiger partial charge is 0.407 e. The number of aliphatic hydroxyl groups excluding tert-OH is 1. The minimum atomic E-state index is -1.10. The molecule has 13 heteroatoms. The molecule has 0 radical (unpaired) electrons. The van der Waals surface area contributed by atoms with Crippen molar-refractivity contribution in [2.75, 3.05) is 30.7 Å². The van der Waals surface area contributed by atoms with Crippen molar-refractivity contribution in [1.29, 1.82) is 0 Å². The van der Waals surface area contributed by atoms with Gasteiger partial charge in [0.25, 0.3) is 5.91 Å². The molecule has 1 fully saturated rings. The first-order chi connectivity index (χ1) is 16.1. The predicted octanol–water partition coefficient (Wildman–Crippen LogP) is 0.542. The molecule has 34 heavy (non-hydrogen) atoms. The number of likely N-dealkylation sites (N-methyl/N-ethyl adjacent to an activating group) is 1. The average molecular weight is 477 g/mol. The van der Waals surface area contributed by atoms with Gasteiger partial charge in [0.1, 0.15) is 17.3 Å². The van der Waals surface area contributed by atoms with Crippen LogP contribution in [0.2, 0.25) is 0 Å². The quantitative estimate of drug-likeness (QED) is 0.267. The summed E-state index contributed by atoms with van der Waals surface area (Å²) in [6.07, 6.45) is -0.467. The average Bonchev–Trinajstić information content (AvgIpc) is 3.31. The van der Waals surface area contributed by atoms with Crippen molar-refractivity contribution in [3.05, 3.63) is 19.0 Å². The van der Waals surface area contributed by atoms with Crippen LogP contribution in [0.4, 0.5) is 16.6 Å². The van der Waals surface area contributed by atoms with Crippen molar-refractivity contribution in [3.63, 3.8) is 0 Å². The summed E-state index contributed by atoms with van der Waals surface area (Å²) < 4.78 is 12.7. The van der Waals surface area contributed by atoms with Crippen LogP contribution in [-0.4, -0.2) is 74.1 Å². The van der Waals surface area contributed by atoms with Gasteiger partial charge in [-0.1, -0.05) is 6.08 Å². The standard InChI is InChI=1S/C21H32N8O5/c1-6-11-13(30)14(17(31)23-7-2)33-18(11)29-10-26-12-15(22)27-19(28-16(12)29)24-8-9-25-20(32)34-21(3,4)5/h6,10-11,13-14,18,30H,1,7-9H2,2-5H3,(H,23,31)(H,25,32)(H3,22,24,27,28). The highest BCUT2D eigenvalue weighted by Crippen LogP contribution is 2.37. The Morgan fingerprint density at radius 2 is 2.06 bits per heavy atom. The second-order valence-corrected chi connectivity index (χ2v) is 8.76. The molecule has 4 atom stereocenters. The van der Waals surface area contributed by atoms with Gasteiger partial charge < -0.3 is 36.3 Å². The van der Waals surface area contributed by atoms with E-state index in [9.17, 15) is 14.7 Å². The molecule has 2 aromatic rings. The normalized spacial score (nSPS) is 22.4. The van der Waals surface area contributed by atoms with Gasteiger partial charge in [0, 0.05) is 19.6 Å². The molecule has 0 aromatic carbocycles. The molecular formula is C21H32N8O5. The topological polar surface area (TPSA) is 179 Å². The van der Waals surface area contributed by atoms with Crippen LogP contribution in [0.15, 0.2) is 19.0 Å². The number of ether oxygens (including phenoxy) is 2. The van der Waals surface area contributed by atoms with Gasteiger partial charge >= 0.3 is 6.09 Å². The Labute approximate surface area is 197 Å². The molecule has 13 nitrogen and oxygen atoms in total. The van der Waals surface area contributed by atoms with E-state index in [4.69, 9.17) is 15.2 Å². The lowest BCUT2D eigenvalue weighted by atomic mass is 9.99. The monoisotopic (exact) mass is 476 g/mol. The van der Waals surface area contributed by atoms with Gasteiger partial charge in [-0.15, -0.1) is 6.58 Å². The molecule has 3 rings (SSSR count). The van der Waals surface area contributed by atoms with Crippen LogP contribution in [0.3, 0.4) is 0 Å². The van der Waals surface area contributed by atoms with Crippen molar-refractivity contribution in [1.82, 2.24) is 30.2 Å². The van der Waals surface area contributed by atoms with Crippen molar-refractivity contribution < 1.29 is 24.2 Å². The summed E-state index contributed by atoms with van der Waals surface area (Å²) in [4.78, 5) is 37.0. The zero-order chi connectivity index (χ0) is 25.0. The number of carbonyl (C=O) groups is 2. The first kappa shape index (κ1) is 25.2. The number of imidazole rings is 1. The highest BCUT2D eigenvalue weighted by atomic mass is 16.6. The molecule has 1 aliphatic heterocycles. The van der Waals surface area contributed by atoms with E-state index < -0.39 is 42.0 Å². The number of nitrogen functional groups attached to an aromatic ring is 1. The Hall–Kier alpha value is -3.45. The van der Waals surface area contributed by atoms with Gasteiger partial charge in [0.15, 0.2) is 17.6 Å². The number of fused-ring (bicyclic) bond motifs is 1. The maximum Gasteiger partial charge on any atom is 0.407 e. The van der Waals surface area contributed by atoms with E-state index in [1.54, 1.807) is 32.3 Å². The first-order valence-electron chi connectivity index (χ1n) is 11.0. The van der Waals surface area contributed by atoms with E-state index >= 15 is 0 Å². The van der Waals surface area contributed by atoms with E-state index in [1.165, 1.54) is 12.4 Å². The molecule has 0 saturated carbocycles. The van der Waals surface area contributed by atoms with Crippen LogP contribution >= 0.6 is 0 Å². The summed E-state index contributed by atoms with van der Waals surface area (Å²) in [5.41, 5.74) is 6.18. The van der Waals surface area contributed by atoms with Gasteiger partial charge in [0.05, 0.1) is 18.3 Å². The molecule has 0 bridgehead atoms. The molecule has 2 aromatic heterocycles. The maximum atomic E-state index is 12.3. The molecule has 0 aliphatic carbocycles. The second kappa shape index (κ2) is 10.2. The van der Waals surface area contributed by atoms with E-state index in [0.29, 0.717) is 24.3 Å². The van der Waals surface area contributed by atoms with Gasteiger partial charge in [-0.2, -0.15) is 9.97 Å². The maximum absolute atomic E-state index is 12.3. The zero-order valence-corrected chi connectivity index (χ0v) is 19.7. The number of aromatic nitrogens is 4. The highest BCUT2D eigenvalue weighted by molar-refractivity contribution is 5.83. The number of nitrogens with one attached hydrogen (secondary N) is 3. The minimum absolute atomic E-state index is 0.139. The number of nitrogens with zero attached hydrogens (tertiary/aromatic N) is 4. The summed E-state index contributed by atoms with van der Waals surface area (Å²) >= 11 is 0. The number of nitrogens with two attached hydrogens (primary N) is 1. The molecule has 2 amide bonds. The lowest BCUT2D eigenvalue weighted by Crippen LogP contribution is -2.41. The van der Waals surface area contributed by atoms with Crippen molar-refractivity contribution >= 4 is 34.9 Å². The summed E-state index contributed by atoms with van der Waals surface area (Å²) in [5, 5.41) is 18.9. The lowest BCUT2D eigenvalue weighted by Gasteiger charge is -2.19. The van der Waals surface area contributed by atoms with Crippen molar-refractivity contribution in [3.8, 4) is 0 Å². The van der Waals surface area contributed by atoms with E-state index in [2.05, 4.69) is 37.5 Å². The van der Waals surface area contributed by atoms with Gasteiger partial charge in [-0.25, -0.2) is 9.78 Å². The highest BCUT2D eigenvalue weighted by Gasteiger charge is 2.47. The number of rotatable bonds is 8. The molecule has 186 valence electrons. The van der Waals surface area contributed by atoms with Crippen molar-refractivity contribution in [2.24, 2.45) is 5.92 Å². The Morgan fingerprint density at radius 1 is 1.32 bits per heavy atom. The van der Waals surface area contributed by atoms with Gasteiger partial charge in [-0.05, 0) is 27.7 Å². The molecule has 6 N–H and O–H groups in total. The largest absolute Gasteiger partial charge is 0.444 e. The van der Waals surface area contributed by atoms with Crippen LogP contribution in [0.5, 0.6) is 0 Å². The van der Waals surface area contributed by atoms with Crippen LogP contribution < -0.4 is 21.7 Å². The van der Waals surface area contributed by atoms with Gasteiger partial charge in [-0.3, -0.25) is 9.36 Å². The summed E-state index contributed by atoms with van der Waals surface area (Å²) in [5.74, 6) is -0.648. The first-order valence-corrected chi connectivity index (χ1v) is 11.0. The van der Waals surface area contributed by atoms with Gasteiger partial charge in [0.2, 0.25) is 5.95 Å². The lowest BCUT2D eigenvalue weighted by molar-refractivity contribution is -0.137. The molecule has 0 spiro atoms. The van der Waals surface area contributed by atoms with Crippen molar-refractivity contribution in [2.45, 2.75) is 51.7 Å². The third-order valence-electron chi connectivity index (χ3n) is 5.00. The number of hydrogen-bond acceptors (Lipinski definition) is 10. The fourth-order valence-electron chi connectivity index (χ4n) is 3.55. The van der Waals surface area contributed by atoms with Crippen LogP contribution in [-0.2, 0) is 14.3 Å². The number of carbonyl (C=O) groups excluding carboxylic acids is 2. The summed E-state index contributed by atoms with van der Waals surface area (Å²) in [6, 6.07) is 0. The SMILES string of the molecule is C=CC1C(O)C(C(=O)NCC)OC1n1cnc2c(N)nc(NCCNC(=O)OC(C)(C)C)nc21. The predicted molar refractivity (Wildman–Crippen MR) is 125 cm³/mol. The zero-order valence-electron chi connectivity index (χ0n) is 19.7.